The number of anilines is 1. The second-order valence-corrected chi connectivity index (χ2v) is 5.00. The van der Waals surface area contributed by atoms with E-state index in [2.05, 4.69) is 20.4 Å². The first-order valence-electron chi connectivity index (χ1n) is 7.25. The van der Waals surface area contributed by atoms with Gasteiger partial charge in [0.2, 0.25) is 5.82 Å². The molecule has 116 valence electrons. The van der Waals surface area contributed by atoms with Crippen molar-refractivity contribution in [2.45, 2.75) is 6.54 Å². The van der Waals surface area contributed by atoms with Crippen molar-refractivity contribution in [2.24, 2.45) is 0 Å². The summed E-state index contributed by atoms with van der Waals surface area (Å²) >= 11 is 0. The summed E-state index contributed by atoms with van der Waals surface area (Å²) in [4.78, 5) is 8.34. The zero-order valence-corrected chi connectivity index (χ0v) is 12.2. The first-order chi connectivity index (χ1) is 11.4. The maximum absolute atomic E-state index is 5.57. The quantitative estimate of drug-likeness (QED) is 0.792. The molecule has 2 aromatic heterocycles. The lowest BCUT2D eigenvalue weighted by Gasteiger charge is -2.18. The van der Waals surface area contributed by atoms with Gasteiger partial charge in [-0.15, -0.1) is 0 Å². The number of pyridine rings is 1. The molecule has 1 aromatic carbocycles. The van der Waals surface area contributed by atoms with Gasteiger partial charge in [0.15, 0.2) is 11.5 Å². The molecule has 1 aliphatic heterocycles. The molecule has 0 radical (unpaired) electrons. The van der Waals surface area contributed by atoms with E-state index < -0.39 is 0 Å². The third-order valence-electron chi connectivity index (χ3n) is 3.40. The van der Waals surface area contributed by atoms with Crippen molar-refractivity contribution in [3.63, 3.8) is 0 Å². The van der Waals surface area contributed by atoms with E-state index >= 15 is 0 Å². The Labute approximate surface area is 132 Å². The molecule has 0 aliphatic carbocycles. The average Bonchev–Trinajstić information content (AvgIpc) is 3.10. The molecular weight excluding hydrogens is 296 g/mol. The topological polar surface area (TPSA) is 82.3 Å². The van der Waals surface area contributed by atoms with Crippen LogP contribution in [0.3, 0.4) is 0 Å². The minimum atomic E-state index is 0.360. The normalized spacial score (nSPS) is 12.9. The zero-order valence-electron chi connectivity index (χ0n) is 12.2. The molecule has 0 fully saturated rings. The van der Waals surface area contributed by atoms with Gasteiger partial charge in [-0.3, -0.25) is 4.98 Å². The summed E-state index contributed by atoms with van der Waals surface area (Å²) in [6.07, 6.45) is 3.39. The number of benzene rings is 1. The minimum Gasteiger partial charge on any atom is -0.486 e. The Bertz CT molecular complexity index is 804. The standard InChI is InChI=1S/C16H14N4O3/c1-2-12(10-17-5-1)15-19-16(23-20-15)18-9-11-3-4-13-14(8-11)22-7-6-21-13/h1-5,8,10H,6-7,9H2,(H,18,19,20). The van der Waals surface area contributed by atoms with E-state index in [1.165, 1.54) is 0 Å². The lowest BCUT2D eigenvalue weighted by Crippen LogP contribution is -2.15. The maximum atomic E-state index is 5.57. The molecule has 0 saturated heterocycles. The lowest BCUT2D eigenvalue weighted by molar-refractivity contribution is 0.171. The molecule has 23 heavy (non-hydrogen) atoms. The number of rotatable bonds is 4. The van der Waals surface area contributed by atoms with Crippen LogP contribution in [0, 0.1) is 0 Å². The van der Waals surface area contributed by atoms with Crippen LogP contribution in [0.25, 0.3) is 11.4 Å². The van der Waals surface area contributed by atoms with Crippen LogP contribution in [0.2, 0.25) is 0 Å². The van der Waals surface area contributed by atoms with Gasteiger partial charge < -0.3 is 19.3 Å². The third-order valence-corrected chi connectivity index (χ3v) is 3.40. The van der Waals surface area contributed by atoms with Gasteiger partial charge in [0.25, 0.3) is 0 Å². The molecule has 1 aliphatic rings. The molecule has 3 aromatic rings. The molecule has 1 N–H and O–H groups in total. The van der Waals surface area contributed by atoms with Crippen LogP contribution in [-0.4, -0.2) is 28.3 Å². The van der Waals surface area contributed by atoms with E-state index in [1.54, 1.807) is 12.4 Å². The minimum absolute atomic E-state index is 0.360. The molecule has 7 nitrogen and oxygen atoms in total. The van der Waals surface area contributed by atoms with Gasteiger partial charge in [-0.1, -0.05) is 11.2 Å². The predicted octanol–water partition coefficient (Wildman–Crippen LogP) is 2.51. The number of hydrogen-bond acceptors (Lipinski definition) is 7. The molecule has 4 rings (SSSR count). The molecule has 3 heterocycles. The second-order valence-electron chi connectivity index (χ2n) is 5.00. The van der Waals surface area contributed by atoms with E-state index in [0.29, 0.717) is 31.6 Å². The van der Waals surface area contributed by atoms with Crippen LogP contribution in [0.1, 0.15) is 5.56 Å². The fraction of sp³-hybridized carbons (Fsp3) is 0.188. The van der Waals surface area contributed by atoms with Crippen molar-refractivity contribution in [2.75, 3.05) is 18.5 Å². The fourth-order valence-corrected chi connectivity index (χ4v) is 2.28. The molecular formula is C16H14N4O3. The Morgan fingerprint density at radius 3 is 2.87 bits per heavy atom. The summed E-state index contributed by atoms with van der Waals surface area (Å²) in [5.41, 5.74) is 1.85. The van der Waals surface area contributed by atoms with Crippen molar-refractivity contribution in [3.05, 3.63) is 48.3 Å². The van der Waals surface area contributed by atoms with E-state index in [0.717, 1.165) is 22.6 Å². The first kappa shape index (κ1) is 13.6. The van der Waals surface area contributed by atoms with Crippen LogP contribution in [0.15, 0.2) is 47.2 Å². The lowest BCUT2D eigenvalue weighted by atomic mass is 10.2. The number of ether oxygens (including phenoxy) is 2. The van der Waals surface area contributed by atoms with Gasteiger partial charge in [0.05, 0.1) is 0 Å². The van der Waals surface area contributed by atoms with E-state index in [4.69, 9.17) is 14.0 Å². The van der Waals surface area contributed by atoms with Gasteiger partial charge in [-0.2, -0.15) is 4.98 Å². The average molecular weight is 310 g/mol. The van der Waals surface area contributed by atoms with Gasteiger partial charge in [-0.25, -0.2) is 0 Å². The van der Waals surface area contributed by atoms with Gasteiger partial charge >= 0.3 is 6.01 Å². The molecule has 0 amide bonds. The third kappa shape index (κ3) is 2.94. The Morgan fingerprint density at radius 1 is 1.09 bits per heavy atom. The highest BCUT2D eigenvalue weighted by Gasteiger charge is 2.12. The molecule has 0 bridgehead atoms. The molecule has 0 atom stereocenters. The van der Waals surface area contributed by atoms with Gasteiger partial charge in [-0.05, 0) is 29.8 Å². The van der Waals surface area contributed by atoms with Crippen LogP contribution in [0.5, 0.6) is 11.5 Å². The molecule has 0 saturated carbocycles. The highest BCUT2D eigenvalue weighted by atomic mass is 16.6. The molecule has 0 spiro atoms. The largest absolute Gasteiger partial charge is 0.486 e. The van der Waals surface area contributed by atoms with Gasteiger partial charge in [0, 0.05) is 24.5 Å². The highest BCUT2D eigenvalue weighted by Crippen LogP contribution is 2.30. The maximum Gasteiger partial charge on any atom is 0.322 e. The summed E-state index contributed by atoms with van der Waals surface area (Å²) in [7, 11) is 0. The summed E-state index contributed by atoms with van der Waals surface area (Å²) in [6.45, 7) is 1.71. The first-order valence-corrected chi connectivity index (χ1v) is 7.25. The summed E-state index contributed by atoms with van der Waals surface area (Å²) in [5, 5.41) is 7.04. The monoisotopic (exact) mass is 310 g/mol. The van der Waals surface area contributed by atoms with Crippen molar-refractivity contribution in [1.29, 1.82) is 0 Å². The predicted molar refractivity (Wildman–Crippen MR) is 82.3 cm³/mol. The van der Waals surface area contributed by atoms with E-state index in [-0.39, 0.29) is 0 Å². The van der Waals surface area contributed by atoms with E-state index in [1.807, 2.05) is 30.3 Å². The van der Waals surface area contributed by atoms with Gasteiger partial charge in [0.1, 0.15) is 13.2 Å². The van der Waals surface area contributed by atoms with Crippen molar-refractivity contribution in [3.8, 4) is 22.9 Å². The SMILES string of the molecule is c1cncc(-c2noc(NCc3ccc4c(c3)OCCO4)n2)c1. The summed E-state index contributed by atoms with van der Waals surface area (Å²) in [5.74, 6) is 2.04. The van der Waals surface area contributed by atoms with Crippen LogP contribution in [-0.2, 0) is 6.54 Å². The molecule has 7 heteroatoms. The van der Waals surface area contributed by atoms with Crippen LogP contribution in [0.4, 0.5) is 6.01 Å². The fourth-order valence-electron chi connectivity index (χ4n) is 2.28. The highest BCUT2D eigenvalue weighted by molar-refractivity contribution is 5.53. The Kier molecular flexibility index (Phi) is 3.51. The van der Waals surface area contributed by atoms with Crippen LogP contribution < -0.4 is 14.8 Å². The van der Waals surface area contributed by atoms with Crippen molar-refractivity contribution in [1.82, 2.24) is 15.1 Å². The number of aromatic nitrogens is 3. The zero-order chi connectivity index (χ0) is 15.5. The summed E-state index contributed by atoms with van der Waals surface area (Å²) in [6, 6.07) is 9.88. The van der Waals surface area contributed by atoms with Crippen molar-refractivity contribution < 1.29 is 14.0 Å². The summed E-state index contributed by atoms with van der Waals surface area (Å²) < 4.78 is 16.3. The smallest absolute Gasteiger partial charge is 0.322 e. The number of nitrogens with one attached hydrogen (secondary N) is 1. The number of hydrogen-bond donors (Lipinski definition) is 1. The Hall–Kier alpha value is -3.09. The Balaban J connectivity index is 1.44. The second kappa shape index (κ2) is 5.96. The number of fused-ring (bicyclic) bond motifs is 1. The number of nitrogens with zero attached hydrogens (tertiary/aromatic N) is 3. The van der Waals surface area contributed by atoms with Crippen LogP contribution >= 0.6 is 0 Å². The Morgan fingerprint density at radius 2 is 2.00 bits per heavy atom. The van der Waals surface area contributed by atoms with E-state index in [9.17, 15) is 0 Å². The molecule has 0 unspecified atom stereocenters. The van der Waals surface area contributed by atoms with Crippen molar-refractivity contribution >= 4 is 6.01 Å².